The Balaban J connectivity index is 2.10. The van der Waals surface area contributed by atoms with Crippen LogP contribution in [0.5, 0.6) is 0 Å². The molecule has 2 N–H and O–H groups in total. The molecule has 0 bridgehead atoms. The van der Waals surface area contributed by atoms with Crippen LogP contribution in [0.15, 0.2) is 0 Å². The second-order valence-corrected chi connectivity index (χ2v) is 3.97. The van der Waals surface area contributed by atoms with Crippen LogP contribution in [0.25, 0.3) is 0 Å². The molecule has 1 heterocycles. The van der Waals surface area contributed by atoms with Crippen LogP contribution in [0.3, 0.4) is 0 Å². The van der Waals surface area contributed by atoms with Crippen molar-refractivity contribution >= 4 is 18.0 Å². The van der Waals surface area contributed by atoms with E-state index in [9.17, 15) is 14.4 Å². The number of unbranched alkanes of at least 4 members (excludes halogenated alkanes) is 3. The second-order valence-electron chi connectivity index (χ2n) is 3.97. The van der Waals surface area contributed by atoms with Crippen LogP contribution in [-0.2, 0) is 19.2 Å². The van der Waals surface area contributed by atoms with Crippen molar-refractivity contribution in [3.05, 3.63) is 0 Å². The van der Waals surface area contributed by atoms with Crippen molar-refractivity contribution < 1.29 is 24.0 Å². The van der Waals surface area contributed by atoms with Crippen LogP contribution in [0.4, 0.5) is 4.79 Å². The summed E-state index contributed by atoms with van der Waals surface area (Å²) >= 11 is 0. The van der Waals surface area contributed by atoms with Gasteiger partial charge in [0.1, 0.15) is 0 Å². The zero-order chi connectivity index (χ0) is 13.4. The summed E-state index contributed by atoms with van der Waals surface area (Å²) < 4.78 is 4.74. The van der Waals surface area contributed by atoms with E-state index in [4.69, 9.17) is 10.5 Å². The molecule has 0 unspecified atom stereocenters. The van der Waals surface area contributed by atoms with Crippen LogP contribution >= 0.6 is 0 Å². The molecule has 2 amide bonds. The lowest BCUT2D eigenvalue weighted by atomic mass is 10.2. The largest absolute Gasteiger partial charge is 0.533 e. The monoisotopic (exact) mass is 258 g/mol. The molecule has 0 radical (unpaired) electrons. The summed E-state index contributed by atoms with van der Waals surface area (Å²) in [5.74, 6) is -1.03. The molecule has 0 aliphatic carbocycles. The smallest absolute Gasteiger partial charge is 0.433 e. The van der Waals surface area contributed by atoms with Gasteiger partial charge in [-0.2, -0.15) is 0 Å². The van der Waals surface area contributed by atoms with Gasteiger partial charge in [0.25, 0.3) is 11.8 Å². The second kappa shape index (κ2) is 7.65. The van der Waals surface area contributed by atoms with Gasteiger partial charge in [-0.25, -0.2) is 4.79 Å². The summed E-state index contributed by atoms with van der Waals surface area (Å²) in [4.78, 5) is 37.9. The predicted molar refractivity (Wildman–Crippen MR) is 61.0 cm³/mol. The van der Waals surface area contributed by atoms with E-state index in [0.717, 1.165) is 19.3 Å². The lowest BCUT2D eigenvalue weighted by Gasteiger charge is -2.12. The van der Waals surface area contributed by atoms with E-state index in [1.54, 1.807) is 0 Å². The Morgan fingerprint density at radius 2 is 1.72 bits per heavy atom. The molecule has 1 fully saturated rings. The number of carbonyl (C=O) groups is 3. The normalized spacial score (nSPS) is 15.1. The Morgan fingerprint density at radius 3 is 2.33 bits per heavy atom. The highest BCUT2D eigenvalue weighted by atomic mass is 16.8. The molecule has 0 aromatic rings. The van der Waals surface area contributed by atoms with Gasteiger partial charge in [0, 0.05) is 12.8 Å². The number of amides is 2. The van der Waals surface area contributed by atoms with E-state index in [-0.39, 0.29) is 19.4 Å². The van der Waals surface area contributed by atoms with Crippen molar-refractivity contribution in [2.75, 3.05) is 13.2 Å². The number of imide groups is 1. The lowest BCUT2D eigenvalue weighted by molar-refractivity contribution is -0.177. The maximum Gasteiger partial charge on any atom is 0.533 e. The topological polar surface area (TPSA) is 98.9 Å². The molecular formula is C11H18N2O5. The Labute approximate surface area is 105 Å². The number of carbonyl (C=O) groups excluding carboxylic acids is 3. The highest BCUT2D eigenvalue weighted by Gasteiger charge is 2.33. The molecule has 0 aromatic heterocycles. The first-order chi connectivity index (χ1) is 8.65. The summed E-state index contributed by atoms with van der Waals surface area (Å²) in [6.45, 7) is 0.863. The van der Waals surface area contributed by atoms with Gasteiger partial charge in [0.05, 0.1) is 6.61 Å². The molecule has 1 saturated heterocycles. The third-order valence-corrected chi connectivity index (χ3v) is 2.49. The molecule has 7 nitrogen and oxygen atoms in total. The number of nitrogens with zero attached hydrogens (tertiary/aromatic N) is 1. The van der Waals surface area contributed by atoms with Crippen molar-refractivity contribution in [1.29, 1.82) is 0 Å². The highest BCUT2D eigenvalue weighted by Crippen LogP contribution is 2.12. The van der Waals surface area contributed by atoms with Crippen LogP contribution in [-0.4, -0.2) is 36.2 Å². The molecule has 0 atom stereocenters. The molecule has 0 spiro atoms. The number of hydroxylamine groups is 2. The number of hydrogen-bond acceptors (Lipinski definition) is 6. The van der Waals surface area contributed by atoms with E-state index in [1.807, 2.05) is 0 Å². The van der Waals surface area contributed by atoms with Gasteiger partial charge in [-0.05, 0) is 19.4 Å². The molecule has 1 aliphatic heterocycles. The maximum atomic E-state index is 11.2. The van der Waals surface area contributed by atoms with Gasteiger partial charge in [-0.3, -0.25) is 14.4 Å². The zero-order valence-electron chi connectivity index (χ0n) is 10.2. The van der Waals surface area contributed by atoms with E-state index >= 15 is 0 Å². The maximum absolute atomic E-state index is 11.2. The lowest BCUT2D eigenvalue weighted by Crippen LogP contribution is -2.32. The summed E-state index contributed by atoms with van der Waals surface area (Å²) in [7, 11) is 0. The fraction of sp³-hybridized carbons (Fsp3) is 0.727. The van der Waals surface area contributed by atoms with Gasteiger partial charge >= 0.3 is 6.16 Å². The highest BCUT2D eigenvalue weighted by molar-refractivity contribution is 6.01. The van der Waals surface area contributed by atoms with Crippen molar-refractivity contribution in [3.63, 3.8) is 0 Å². The van der Waals surface area contributed by atoms with Gasteiger partial charge in [0.2, 0.25) is 0 Å². The van der Waals surface area contributed by atoms with E-state index in [1.165, 1.54) is 0 Å². The average Bonchev–Trinajstić information content (AvgIpc) is 2.65. The zero-order valence-corrected chi connectivity index (χ0v) is 10.2. The Bertz CT molecular complexity index is 303. The molecule has 1 rings (SSSR count). The third kappa shape index (κ3) is 4.70. The van der Waals surface area contributed by atoms with Gasteiger partial charge in [-0.15, -0.1) is 0 Å². The van der Waals surface area contributed by atoms with E-state index in [2.05, 4.69) is 4.84 Å². The predicted octanol–water partition coefficient (Wildman–Crippen LogP) is 0.723. The quantitative estimate of drug-likeness (QED) is 0.410. The molecule has 1 aliphatic rings. The van der Waals surface area contributed by atoms with Crippen molar-refractivity contribution in [2.45, 2.75) is 38.5 Å². The minimum absolute atomic E-state index is 0.0746. The molecule has 102 valence electrons. The Hall–Kier alpha value is -1.63. The van der Waals surface area contributed by atoms with Gasteiger partial charge in [0.15, 0.2) is 0 Å². The number of ether oxygens (including phenoxy) is 1. The van der Waals surface area contributed by atoms with Crippen LogP contribution in [0.2, 0.25) is 0 Å². The fourth-order valence-electron chi connectivity index (χ4n) is 1.51. The standard InChI is InChI=1S/C11H18N2O5/c12-7-3-1-2-4-8-17-11(16)18-13-9(14)5-6-10(13)15/h1-8,12H2. The van der Waals surface area contributed by atoms with Crippen molar-refractivity contribution in [3.8, 4) is 0 Å². The van der Waals surface area contributed by atoms with E-state index in [0.29, 0.717) is 18.0 Å². The first-order valence-electron chi connectivity index (χ1n) is 6.05. The molecular weight excluding hydrogens is 240 g/mol. The molecule has 7 heteroatoms. The first kappa shape index (κ1) is 14.4. The van der Waals surface area contributed by atoms with Crippen LogP contribution < -0.4 is 5.73 Å². The van der Waals surface area contributed by atoms with Crippen molar-refractivity contribution in [2.24, 2.45) is 5.73 Å². The minimum atomic E-state index is -1.02. The van der Waals surface area contributed by atoms with Gasteiger partial charge < -0.3 is 10.5 Å². The SMILES string of the molecule is NCCCCCCOC(=O)ON1C(=O)CCC1=O. The minimum Gasteiger partial charge on any atom is -0.433 e. The molecule has 18 heavy (non-hydrogen) atoms. The van der Waals surface area contributed by atoms with Crippen LogP contribution in [0, 0.1) is 0 Å². The average molecular weight is 258 g/mol. The summed E-state index contributed by atoms with van der Waals surface area (Å²) in [5, 5.41) is 0.469. The Kier molecular flexibility index (Phi) is 6.13. The summed E-state index contributed by atoms with van der Waals surface area (Å²) in [6.07, 6.45) is 2.68. The van der Waals surface area contributed by atoms with E-state index < -0.39 is 18.0 Å². The summed E-state index contributed by atoms with van der Waals surface area (Å²) in [6, 6.07) is 0. The van der Waals surface area contributed by atoms with Crippen molar-refractivity contribution in [1.82, 2.24) is 5.06 Å². The van der Waals surface area contributed by atoms with Gasteiger partial charge in [-0.1, -0.05) is 17.9 Å². The first-order valence-corrected chi connectivity index (χ1v) is 6.05. The number of hydrogen-bond donors (Lipinski definition) is 1. The fourth-order valence-corrected chi connectivity index (χ4v) is 1.51. The number of rotatable bonds is 7. The summed E-state index contributed by atoms with van der Waals surface area (Å²) in [5.41, 5.74) is 5.33. The van der Waals surface area contributed by atoms with Crippen LogP contribution in [0.1, 0.15) is 38.5 Å². The Morgan fingerprint density at radius 1 is 1.11 bits per heavy atom. The molecule has 0 saturated carbocycles. The molecule has 0 aromatic carbocycles. The number of nitrogens with two attached hydrogens (primary N) is 1. The third-order valence-electron chi connectivity index (χ3n) is 2.49.